The van der Waals surface area contributed by atoms with Crippen molar-refractivity contribution in [2.75, 3.05) is 33.2 Å². The smallest absolute Gasteiger partial charge is 0.251 e. The molecule has 0 aliphatic carbocycles. The van der Waals surface area contributed by atoms with E-state index < -0.39 is 10.0 Å². The first-order chi connectivity index (χ1) is 14.9. The van der Waals surface area contributed by atoms with Crippen LogP contribution in [0.25, 0.3) is 0 Å². The monoisotopic (exact) mass is 573 g/mol. The van der Waals surface area contributed by atoms with Gasteiger partial charge in [0, 0.05) is 32.2 Å². The van der Waals surface area contributed by atoms with Gasteiger partial charge in [-0.3, -0.25) is 9.79 Å². The van der Waals surface area contributed by atoms with Crippen molar-refractivity contribution in [1.82, 2.24) is 20.7 Å². The van der Waals surface area contributed by atoms with E-state index in [1.165, 1.54) is 0 Å². The summed E-state index contributed by atoms with van der Waals surface area (Å²) in [6.45, 7) is 5.68. The first-order valence-corrected chi connectivity index (χ1v) is 11.7. The molecule has 0 fully saturated rings. The lowest BCUT2D eigenvalue weighted by molar-refractivity contribution is 0.0963. The van der Waals surface area contributed by atoms with E-state index in [2.05, 4.69) is 25.7 Å². The summed E-state index contributed by atoms with van der Waals surface area (Å²) in [4.78, 5) is 16.4. The second kappa shape index (κ2) is 14.1. The molecule has 0 radical (unpaired) electrons. The number of carbonyl (C=O) groups excluding carboxylic acids is 1. The number of amides is 1. The van der Waals surface area contributed by atoms with Crippen molar-refractivity contribution in [2.24, 2.45) is 4.99 Å². The van der Waals surface area contributed by atoms with Gasteiger partial charge in [0.15, 0.2) is 5.96 Å². The van der Waals surface area contributed by atoms with Gasteiger partial charge in [-0.2, -0.15) is 0 Å². The fourth-order valence-corrected chi connectivity index (χ4v) is 3.85. The van der Waals surface area contributed by atoms with E-state index in [9.17, 15) is 13.2 Å². The van der Waals surface area contributed by atoms with Crippen LogP contribution in [0.2, 0.25) is 0 Å². The largest absolute Gasteiger partial charge is 0.357 e. The van der Waals surface area contributed by atoms with Gasteiger partial charge in [-0.15, -0.1) is 24.0 Å². The van der Waals surface area contributed by atoms with E-state index in [0.29, 0.717) is 31.2 Å². The summed E-state index contributed by atoms with van der Waals surface area (Å²) in [6.07, 6.45) is 0.718. The molecule has 10 heteroatoms. The first-order valence-electron chi connectivity index (χ1n) is 10.2. The number of nitrogens with one attached hydrogen (secondary N) is 4. The van der Waals surface area contributed by atoms with Crippen LogP contribution in [0.15, 0.2) is 58.4 Å². The van der Waals surface area contributed by atoms with E-state index >= 15 is 0 Å². The van der Waals surface area contributed by atoms with Gasteiger partial charge in [-0.05, 0) is 50.1 Å². The Morgan fingerprint density at radius 2 is 1.75 bits per heavy atom. The van der Waals surface area contributed by atoms with Crippen LogP contribution in [-0.2, 0) is 16.4 Å². The Bertz CT molecular complexity index is 995. The SMILES string of the molecule is CCNC(=NCCNS(=O)(=O)c1ccc(C)cc1)NCCc1cccc(C(=O)NC)c1.I. The Labute approximate surface area is 207 Å². The molecule has 0 atom stereocenters. The minimum Gasteiger partial charge on any atom is -0.357 e. The highest BCUT2D eigenvalue weighted by Gasteiger charge is 2.12. The molecule has 0 saturated carbocycles. The van der Waals surface area contributed by atoms with Crippen molar-refractivity contribution in [3.8, 4) is 0 Å². The molecule has 0 heterocycles. The summed E-state index contributed by atoms with van der Waals surface area (Å²) >= 11 is 0. The van der Waals surface area contributed by atoms with Crippen LogP contribution in [0.1, 0.15) is 28.4 Å². The number of carbonyl (C=O) groups is 1. The summed E-state index contributed by atoms with van der Waals surface area (Å²) in [5.74, 6) is 0.497. The van der Waals surface area contributed by atoms with Gasteiger partial charge in [0.25, 0.3) is 5.91 Å². The van der Waals surface area contributed by atoms with Gasteiger partial charge in [-0.25, -0.2) is 13.1 Å². The van der Waals surface area contributed by atoms with Crippen molar-refractivity contribution in [3.63, 3.8) is 0 Å². The lowest BCUT2D eigenvalue weighted by Crippen LogP contribution is -2.39. The summed E-state index contributed by atoms with van der Waals surface area (Å²) in [7, 11) is -1.94. The van der Waals surface area contributed by atoms with Crippen LogP contribution in [0.3, 0.4) is 0 Å². The highest BCUT2D eigenvalue weighted by molar-refractivity contribution is 14.0. The summed E-state index contributed by atoms with van der Waals surface area (Å²) in [6, 6.07) is 14.2. The third-order valence-corrected chi connectivity index (χ3v) is 5.95. The topological polar surface area (TPSA) is 112 Å². The molecule has 0 bridgehead atoms. The zero-order valence-corrected chi connectivity index (χ0v) is 21.8. The van der Waals surface area contributed by atoms with Gasteiger partial charge in [-0.1, -0.05) is 29.8 Å². The zero-order valence-electron chi connectivity index (χ0n) is 18.6. The Morgan fingerprint density at radius 1 is 1.03 bits per heavy atom. The molecule has 0 aliphatic heterocycles. The molecular formula is C22H32IN5O3S. The van der Waals surface area contributed by atoms with E-state index in [1.807, 2.05) is 32.0 Å². The third-order valence-electron chi connectivity index (χ3n) is 4.47. The fraction of sp³-hybridized carbons (Fsp3) is 0.364. The third kappa shape index (κ3) is 9.13. The number of rotatable bonds is 10. The number of guanidine groups is 1. The quantitative estimate of drug-likeness (QED) is 0.151. The van der Waals surface area contributed by atoms with Crippen molar-refractivity contribution in [2.45, 2.75) is 25.2 Å². The minimum absolute atomic E-state index is 0. The molecular weight excluding hydrogens is 541 g/mol. The first kappa shape index (κ1) is 27.9. The molecule has 0 spiro atoms. The summed E-state index contributed by atoms with van der Waals surface area (Å²) in [5, 5.41) is 8.99. The molecule has 32 heavy (non-hydrogen) atoms. The van der Waals surface area contributed by atoms with Crippen molar-refractivity contribution in [3.05, 3.63) is 65.2 Å². The van der Waals surface area contributed by atoms with Crippen LogP contribution in [0.5, 0.6) is 0 Å². The summed E-state index contributed by atoms with van der Waals surface area (Å²) < 4.78 is 27.2. The molecule has 0 aromatic heterocycles. The van der Waals surface area contributed by atoms with Gasteiger partial charge < -0.3 is 16.0 Å². The maximum Gasteiger partial charge on any atom is 0.251 e. The number of aryl methyl sites for hydroxylation is 1. The molecule has 8 nitrogen and oxygen atoms in total. The van der Waals surface area contributed by atoms with Crippen molar-refractivity contribution < 1.29 is 13.2 Å². The minimum atomic E-state index is -3.55. The molecule has 2 aromatic rings. The van der Waals surface area contributed by atoms with Crippen molar-refractivity contribution in [1.29, 1.82) is 0 Å². The molecule has 0 aliphatic rings. The standard InChI is InChI=1S/C22H31N5O3S.HI/c1-4-24-22(25-13-12-18-6-5-7-19(16-18)21(28)23-3)26-14-15-27-31(29,30)20-10-8-17(2)9-11-20;/h5-11,16,27H,4,12-15H2,1-3H3,(H,23,28)(H2,24,25,26);1H. The van der Waals surface area contributed by atoms with E-state index in [1.54, 1.807) is 37.4 Å². The highest BCUT2D eigenvalue weighted by Crippen LogP contribution is 2.09. The van der Waals surface area contributed by atoms with Gasteiger partial charge in [0.05, 0.1) is 11.4 Å². The Hall–Kier alpha value is -2.18. The van der Waals surface area contributed by atoms with Crippen molar-refractivity contribution >= 4 is 45.9 Å². The fourth-order valence-electron chi connectivity index (χ4n) is 2.83. The number of sulfonamides is 1. The van der Waals surface area contributed by atoms with Crippen LogP contribution < -0.4 is 20.7 Å². The van der Waals surface area contributed by atoms with Crippen LogP contribution in [0.4, 0.5) is 0 Å². The van der Waals surface area contributed by atoms with Crippen LogP contribution in [0, 0.1) is 6.92 Å². The average Bonchev–Trinajstić information content (AvgIpc) is 2.76. The van der Waals surface area contributed by atoms with Crippen LogP contribution >= 0.6 is 24.0 Å². The summed E-state index contributed by atoms with van der Waals surface area (Å²) in [5.41, 5.74) is 2.67. The molecule has 1 amide bonds. The van der Waals surface area contributed by atoms with Gasteiger partial charge in [0.2, 0.25) is 10.0 Å². The Morgan fingerprint density at radius 3 is 2.41 bits per heavy atom. The number of hydrogen-bond acceptors (Lipinski definition) is 4. The van der Waals surface area contributed by atoms with Gasteiger partial charge >= 0.3 is 0 Å². The lowest BCUT2D eigenvalue weighted by atomic mass is 10.1. The lowest BCUT2D eigenvalue weighted by Gasteiger charge is -2.12. The van der Waals surface area contributed by atoms with E-state index in [-0.39, 0.29) is 41.3 Å². The van der Waals surface area contributed by atoms with Crippen LogP contribution in [-0.4, -0.2) is 53.5 Å². The number of nitrogens with zero attached hydrogens (tertiary/aromatic N) is 1. The average molecular weight is 574 g/mol. The van der Waals surface area contributed by atoms with E-state index in [4.69, 9.17) is 0 Å². The van der Waals surface area contributed by atoms with E-state index in [0.717, 1.165) is 17.5 Å². The predicted octanol–water partition coefficient (Wildman–Crippen LogP) is 2.05. The number of hydrogen-bond donors (Lipinski definition) is 4. The Kier molecular flexibility index (Phi) is 12.2. The zero-order chi connectivity index (χ0) is 22.7. The molecule has 2 rings (SSSR count). The number of halogens is 1. The van der Waals surface area contributed by atoms with Gasteiger partial charge in [0.1, 0.15) is 0 Å². The maximum atomic E-state index is 12.3. The Balaban J connectivity index is 0.00000512. The second-order valence-corrected chi connectivity index (χ2v) is 8.69. The molecule has 176 valence electrons. The number of benzene rings is 2. The second-order valence-electron chi connectivity index (χ2n) is 6.93. The predicted molar refractivity (Wildman–Crippen MR) is 139 cm³/mol. The maximum absolute atomic E-state index is 12.3. The normalized spacial score (nSPS) is 11.4. The molecule has 0 unspecified atom stereocenters. The molecule has 4 N–H and O–H groups in total. The molecule has 2 aromatic carbocycles. The number of aliphatic imine (C=N–C) groups is 1. The highest BCUT2D eigenvalue weighted by atomic mass is 127. The molecule has 0 saturated heterocycles.